The van der Waals surface area contributed by atoms with Gasteiger partial charge in [0.05, 0.1) is 12.2 Å². The van der Waals surface area contributed by atoms with Gasteiger partial charge in [0, 0.05) is 11.8 Å². The zero-order valence-electron chi connectivity index (χ0n) is 9.16. The summed E-state index contributed by atoms with van der Waals surface area (Å²) in [5, 5.41) is 2.81. The van der Waals surface area contributed by atoms with Gasteiger partial charge in [0.25, 0.3) is 0 Å². The number of allylic oxidation sites excluding steroid dienone is 1. The van der Waals surface area contributed by atoms with Crippen LogP contribution in [0.2, 0.25) is 0 Å². The topological polar surface area (TPSA) is 42.0 Å². The number of nitrogens with one attached hydrogen (secondary N) is 1. The van der Waals surface area contributed by atoms with E-state index in [4.69, 9.17) is 0 Å². The predicted molar refractivity (Wildman–Crippen MR) is 60.1 cm³/mol. The Morgan fingerprint density at radius 3 is 2.93 bits per heavy atom. The van der Waals surface area contributed by atoms with Crippen molar-refractivity contribution in [3.8, 4) is 0 Å². The Labute approximate surface area is 90.2 Å². The normalized spacial score (nSPS) is 11.2. The van der Waals surface area contributed by atoms with Gasteiger partial charge < -0.3 is 5.32 Å². The maximum atomic E-state index is 11.5. The molecule has 15 heavy (non-hydrogen) atoms. The highest BCUT2D eigenvalue weighted by Gasteiger charge is 2.02. The average Bonchev–Trinajstić information content (AvgIpc) is 2.27. The zero-order valence-corrected chi connectivity index (χ0v) is 9.16. The van der Waals surface area contributed by atoms with Crippen molar-refractivity contribution in [3.05, 3.63) is 41.7 Å². The first-order valence-electron chi connectivity index (χ1n) is 5.09. The van der Waals surface area contributed by atoms with Gasteiger partial charge in [-0.1, -0.05) is 19.1 Å². The summed E-state index contributed by atoms with van der Waals surface area (Å²) in [6.45, 7) is 4.31. The van der Waals surface area contributed by atoms with Gasteiger partial charge in [-0.15, -0.1) is 0 Å². The molecule has 0 aromatic carbocycles. The summed E-state index contributed by atoms with van der Waals surface area (Å²) in [6.07, 6.45) is 4.51. The molecule has 1 amide bonds. The van der Waals surface area contributed by atoms with Gasteiger partial charge in [0.2, 0.25) is 5.91 Å². The average molecular weight is 204 g/mol. The molecule has 0 saturated heterocycles. The van der Waals surface area contributed by atoms with Crippen LogP contribution in [0.25, 0.3) is 0 Å². The molecule has 0 radical (unpaired) electrons. The lowest BCUT2D eigenvalue weighted by atomic mass is 10.2. The van der Waals surface area contributed by atoms with Gasteiger partial charge in [0.15, 0.2) is 0 Å². The third-order valence-corrected chi connectivity index (χ3v) is 2.02. The molecule has 0 atom stereocenters. The van der Waals surface area contributed by atoms with Gasteiger partial charge in [-0.3, -0.25) is 9.78 Å². The molecule has 1 aromatic rings. The van der Waals surface area contributed by atoms with Crippen molar-refractivity contribution in [3.63, 3.8) is 0 Å². The lowest BCUT2D eigenvalue weighted by Crippen LogP contribution is -2.23. The van der Waals surface area contributed by atoms with Gasteiger partial charge in [-0.25, -0.2) is 0 Å². The number of rotatable bonds is 4. The van der Waals surface area contributed by atoms with Crippen LogP contribution >= 0.6 is 0 Å². The fourth-order valence-corrected chi connectivity index (χ4v) is 1.21. The third-order valence-electron chi connectivity index (χ3n) is 2.02. The zero-order chi connectivity index (χ0) is 11.1. The van der Waals surface area contributed by atoms with Crippen LogP contribution in [0.15, 0.2) is 36.0 Å². The first-order valence-corrected chi connectivity index (χ1v) is 5.09. The lowest BCUT2D eigenvalue weighted by Gasteiger charge is -2.04. The smallest absolute Gasteiger partial charge is 0.246 e. The van der Waals surface area contributed by atoms with E-state index in [1.165, 1.54) is 0 Å². The molecule has 0 aliphatic carbocycles. The van der Waals surface area contributed by atoms with E-state index < -0.39 is 0 Å². The standard InChI is InChI=1S/C12H16N2O/c1-3-6-10(2)12(15)14-9-11-7-4-5-8-13-11/h4-8H,3,9H2,1-2H3,(H,14,15)/b10-6+. The van der Waals surface area contributed by atoms with Crippen LogP contribution in [0, 0.1) is 0 Å². The van der Waals surface area contributed by atoms with E-state index in [0.717, 1.165) is 17.7 Å². The Kier molecular flexibility index (Phi) is 4.54. The largest absolute Gasteiger partial charge is 0.347 e. The Morgan fingerprint density at radius 2 is 2.33 bits per heavy atom. The Balaban J connectivity index is 2.45. The van der Waals surface area contributed by atoms with Crippen LogP contribution < -0.4 is 5.32 Å². The lowest BCUT2D eigenvalue weighted by molar-refractivity contribution is -0.117. The third kappa shape index (κ3) is 3.94. The first kappa shape index (κ1) is 11.4. The molecule has 0 aliphatic heterocycles. The molecular formula is C12H16N2O. The summed E-state index contributed by atoms with van der Waals surface area (Å²) in [7, 11) is 0. The molecule has 1 rings (SSSR count). The first-order chi connectivity index (χ1) is 7.24. The Morgan fingerprint density at radius 1 is 1.53 bits per heavy atom. The summed E-state index contributed by atoms with van der Waals surface area (Å²) in [6, 6.07) is 5.65. The van der Waals surface area contributed by atoms with Gasteiger partial charge >= 0.3 is 0 Å². The molecule has 1 heterocycles. The highest BCUT2D eigenvalue weighted by molar-refractivity contribution is 5.92. The number of carbonyl (C=O) groups excluding carboxylic acids is 1. The van der Waals surface area contributed by atoms with E-state index in [2.05, 4.69) is 10.3 Å². The molecule has 0 unspecified atom stereocenters. The van der Waals surface area contributed by atoms with Crippen LogP contribution in [0.5, 0.6) is 0 Å². The van der Waals surface area contributed by atoms with E-state index in [1.54, 1.807) is 6.20 Å². The van der Waals surface area contributed by atoms with Crippen LogP contribution in [-0.2, 0) is 11.3 Å². The molecule has 1 aromatic heterocycles. The number of hydrogen-bond donors (Lipinski definition) is 1. The number of amides is 1. The predicted octanol–water partition coefficient (Wildman–Crippen LogP) is 2.05. The van der Waals surface area contributed by atoms with Crippen molar-refractivity contribution in [2.24, 2.45) is 0 Å². The summed E-state index contributed by atoms with van der Waals surface area (Å²) in [4.78, 5) is 15.6. The van der Waals surface area contributed by atoms with E-state index in [-0.39, 0.29) is 5.91 Å². The fraction of sp³-hybridized carbons (Fsp3) is 0.333. The summed E-state index contributed by atoms with van der Waals surface area (Å²) in [5.74, 6) is -0.0255. The van der Waals surface area contributed by atoms with Crippen molar-refractivity contribution >= 4 is 5.91 Å². The summed E-state index contributed by atoms with van der Waals surface area (Å²) < 4.78 is 0. The Bertz CT molecular complexity index is 344. The number of hydrogen-bond acceptors (Lipinski definition) is 2. The fourth-order valence-electron chi connectivity index (χ4n) is 1.21. The summed E-state index contributed by atoms with van der Waals surface area (Å²) in [5.41, 5.74) is 1.63. The van der Waals surface area contributed by atoms with Crippen molar-refractivity contribution < 1.29 is 4.79 Å². The second kappa shape index (κ2) is 5.96. The van der Waals surface area contributed by atoms with Crippen LogP contribution in [0.1, 0.15) is 26.0 Å². The SMILES string of the molecule is CC/C=C(\C)C(=O)NCc1ccccn1. The van der Waals surface area contributed by atoms with E-state index in [0.29, 0.717) is 6.54 Å². The Hall–Kier alpha value is -1.64. The molecule has 0 fully saturated rings. The maximum Gasteiger partial charge on any atom is 0.246 e. The molecule has 3 heteroatoms. The minimum Gasteiger partial charge on any atom is -0.347 e. The van der Waals surface area contributed by atoms with E-state index in [9.17, 15) is 4.79 Å². The highest BCUT2D eigenvalue weighted by atomic mass is 16.1. The molecule has 0 bridgehead atoms. The maximum absolute atomic E-state index is 11.5. The number of carbonyl (C=O) groups is 1. The highest BCUT2D eigenvalue weighted by Crippen LogP contribution is 1.97. The molecular weight excluding hydrogens is 188 g/mol. The quantitative estimate of drug-likeness (QED) is 0.763. The monoisotopic (exact) mass is 204 g/mol. The van der Waals surface area contributed by atoms with Crippen molar-refractivity contribution in [1.29, 1.82) is 0 Å². The molecule has 0 saturated carbocycles. The van der Waals surface area contributed by atoms with Crippen molar-refractivity contribution in [2.75, 3.05) is 0 Å². The van der Waals surface area contributed by atoms with Gasteiger partial charge in [-0.2, -0.15) is 0 Å². The number of aromatic nitrogens is 1. The second-order valence-electron chi connectivity index (χ2n) is 3.30. The molecule has 3 nitrogen and oxygen atoms in total. The second-order valence-corrected chi connectivity index (χ2v) is 3.30. The molecule has 0 spiro atoms. The van der Waals surface area contributed by atoms with E-state index in [1.807, 2.05) is 38.1 Å². The van der Waals surface area contributed by atoms with Crippen LogP contribution in [0.3, 0.4) is 0 Å². The van der Waals surface area contributed by atoms with Gasteiger partial charge in [0.1, 0.15) is 0 Å². The minimum absolute atomic E-state index is 0.0255. The molecule has 0 aliphatic rings. The van der Waals surface area contributed by atoms with Gasteiger partial charge in [-0.05, 0) is 25.5 Å². The van der Waals surface area contributed by atoms with Crippen molar-refractivity contribution in [2.45, 2.75) is 26.8 Å². The molecule has 80 valence electrons. The molecule has 1 N–H and O–H groups in total. The van der Waals surface area contributed by atoms with Crippen LogP contribution in [0.4, 0.5) is 0 Å². The number of nitrogens with zero attached hydrogens (tertiary/aromatic N) is 1. The van der Waals surface area contributed by atoms with Crippen molar-refractivity contribution in [1.82, 2.24) is 10.3 Å². The van der Waals surface area contributed by atoms with E-state index >= 15 is 0 Å². The minimum atomic E-state index is -0.0255. The number of pyridine rings is 1. The van der Waals surface area contributed by atoms with Crippen LogP contribution in [-0.4, -0.2) is 10.9 Å². The summed E-state index contributed by atoms with van der Waals surface area (Å²) >= 11 is 0.